The highest BCUT2D eigenvalue weighted by molar-refractivity contribution is 7.13. The lowest BCUT2D eigenvalue weighted by Gasteiger charge is -2.17. The van der Waals surface area contributed by atoms with Gasteiger partial charge in [0.15, 0.2) is 5.13 Å². The van der Waals surface area contributed by atoms with Crippen LogP contribution in [0.4, 0.5) is 5.13 Å². The topological polar surface area (TPSA) is 42.1 Å². The third-order valence-electron chi connectivity index (χ3n) is 2.49. The summed E-state index contributed by atoms with van der Waals surface area (Å²) in [5, 5.41) is 3.02. The molecule has 2 aromatic rings. The van der Waals surface area contributed by atoms with Gasteiger partial charge in [-0.05, 0) is 11.1 Å². The third-order valence-corrected chi connectivity index (χ3v) is 3.38. The second-order valence-corrected chi connectivity index (χ2v) is 4.52. The highest BCUT2D eigenvalue weighted by atomic mass is 32.1. The summed E-state index contributed by atoms with van der Waals surface area (Å²) in [7, 11) is 2.05. The van der Waals surface area contributed by atoms with Crippen molar-refractivity contribution in [2.75, 3.05) is 11.9 Å². The molecule has 1 heterocycles. The molecule has 0 unspecified atom stereocenters. The minimum Gasteiger partial charge on any atom is -0.347 e. The molecule has 0 amide bonds. The van der Waals surface area contributed by atoms with Crippen LogP contribution in [0.3, 0.4) is 0 Å². The summed E-state index contributed by atoms with van der Waals surface area (Å²) < 4.78 is 0. The summed E-state index contributed by atoms with van der Waals surface area (Å²) in [6.07, 6.45) is 1.82. The largest absolute Gasteiger partial charge is 0.347 e. The number of nitrogens with two attached hydrogens (primary N) is 1. The maximum atomic E-state index is 5.71. The van der Waals surface area contributed by atoms with E-state index in [1.54, 1.807) is 11.3 Å². The Balaban J connectivity index is 2.14. The molecule has 0 fully saturated rings. The second-order valence-electron chi connectivity index (χ2n) is 3.64. The maximum Gasteiger partial charge on any atom is 0.185 e. The van der Waals surface area contributed by atoms with E-state index in [1.807, 2.05) is 30.8 Å². The van der Waals surface area contributed by atoms with Crippen LogP contribution in [0.1, 0.15) is 11.1 Å². The number of anilines is 1. The Morgan fingerprint density at radius 2 is 2.06 bits per heavy atom. The second kappa shape index (κ2) is 5.09. The summed E-state index contributed by atoms with van der Waals surface area (Å²) in [5.74, 6) is 0. The molecule has 84 valence electrons. The molecule has 0 aliphatic heterocycles. The molecule has 0 aliphatic rings. The number of rotatable bonds is 4. The van der Waals surface area contributed by atoms with Gasteiger partial charge >= 0.3 is 0 Å². The predicted octanol–water partition coefficient (Wildman–Crippen LogP) is 2.24. The molecule has 0 radical (unpaired) electrons. The average molecular weight is 233 g/mol. The number of thiazole rings is 1. The van der Waals surface area contributed by atoms with E-state index >= 15 is 0 Å². The Hall–Kier alpha value is -1.39. The Labute approximate surface area is 99.5 Å². The molecule has 3 nitrogen and oxygen atoms in total. The Morgan fingerprint density at radius 1 is 1.31 bits per heavy atom. The number of aromatic nitrogens is 1. The van der Waals surface area contributed by atoms with Crippen molar-refractivity contribution in [3.05, 3.63) is 47.0 Å². The summed E-state index contributed by atoms with van der Waals surface area (Å²) in [6, 6.07) is 8.26. The summed E-state index contributed by atoms with van der Waals surface area (Å²) >= 11 is 1.65. The Kier molecular flexibility index (Phi) is 3.54. The first kappa shape index (κ1) is 11.1. The van der Waals surface area contributed by atoms with Crippen LogP contribution in [0.2, 0.25) is 0 Å². The van der Waals surface area contributed by atoms with Crippen LogP contribution in [0, 0.1) is 0 Å². The number of nitrogens with zero attached hydrogens (tertiary/aromatic N) is 2. The molecule has 4 heteroatoms. The molecule has 0 spiro atoms. The van der Waals surface area contributed by atoms with Crippen LogP contribution in [-0.2, 0) is 13.1 Å². The van der Waals surface area contributed by atoms with Crippen molar-refractivity contribution in [3.8, 4) is 0 Å². The lowest BCUT2D eigenvalue weighted by molar-refractivity contribution is 0.889. The highest BCUT2D eigenvalue weighted by Gasteiger charge is 2.06. The van der Waals surface area contributed by atoms with E-state index in [2.05, 4.69) is 22.0 Å². The summed E-state index contributed by atoms with van der Waals surface area (Å²) in [4.78, 5) is 6.42. The van der Waals surface area contributed by atoms with E-state index in [-0.39, 0.29) is 0 Å². The zero-order valence-corrected chi connectivity index (χ0v) is 10.1. The van der Waals surface area contributed by atoms with Gasteiger partial charge in [0, 0.05) is 31.7 Å². The van der Waals surface area contributed by atoms with Gasteiger partial charge in [0.1, 0.15) is 0 Å². The zero-order chi connectivity index (χ0) is 11.4. The van der Waals surface area contributed by atoms with Crippen LogP contribution in [0.25, 0.3) is 0 Å². The Morgan fingerprint density at radius 3 is 2.69 bits per heavy atom. The van der Waals surface area contributed by atoms with Crippen molar-refractivity contribution >= 4 is 16.5 Å². The van der Waals surface area contributed by atoms with Crippen LogP contribution in [-0.4, -0.2) is 12.0 Å². The first-order chi connectivity index (χ1) is 7.81. The molecule has 0 saturated heterocycles. The number of hydrogen-bond acceptors (Lipinski definition) is 4. The van der Waals surface area contributed by atoms with Crippen molar-refractivity contribution in [2.24, 2.45) is 5.73 Å². The van der Waals surface area contributed by atoms with Crippen LogP contribution in [0.5, 0.6) is 0 Å². The fourth-order valence-electron chi connectivity index (χ4n) is 1.64. The third kappa shape index (κ3) is 2.40. The lowest BCUT2D eigenvalue weighted by Crippen LogP contribution is -2.17. The fraction of sp³-hybridized carbons (Fsp3) is 0.250. The maximum absolute atomic E-state index is 5.71. The highest BCUT2D eigenvalue weighted by Crippen LogP contribution is 2.19. The smallest absolute Gasteiger partial charge is 0.185 e. The molecule has 0 atom stereocenters. The van der Waals surface area contributed by atoms with E-state index in [0.717, 1.165) is 11.7 Å². The van der Waals surface area contributed by atoms with Crippen molar-refractivity contribution in [1.82, 2.24) is 4.98 Å². The summed E-state index contributed by atoms with van der Waals surface area (Å²) in [6.45, 7) is 1.43. The SMILES string of the molecule is CN(Cc1ccccc1CN)c1nccs1. The minimum absolute atomic E-state index is 0.585. The standard InChI is InChI=1S/C12H15N3S/c1-15(12-14-6-7-16-12)9-11-5-3-2-4-10(11)8-13/h2-7H,8-9,13H2,1H3. The van der Waals surface area contributed by atoms with Crippen LogP contribution >= 0.6 is 11.3 Å². The first-order valence-electron chi connectivity index (χ1n) is 5.18. The minimum atomic E-state index is 0.585. The Bertz CT molecular complexity index is 439. The van der Waals surface area contributed by atoms with E-state index in [0.29, 0.717) is 6.54 Å². The van der Waals surface area contributed by atoms with E-state index in [9.17, 15) is 0 Å². The van der Waals surface area contributed by atoms with E-state index < -0.39 is 0 Å². The van der Waals surface area contributed by atoms with Gasteiger partial charge in [0.25, 0.3) is 0 Å². The van der Waals surface area contributed by atoms with Gasteiger partial charge in [-0.15, -0.1) is 11.3 Å². The lowest BCUT2D eigenvalue weighted by atomic mass is 10.1. The van der Waals surface area contributed by atoms with E-state index in [1.165, 1.54) is 11.1 Å². The predicted molar refractivity (Wildman–Crippen MR) is 68.6 cm³/mol. The van der Waals surface area contributed by atoms with E-state index in [4.69, 9.17) is 5.73 Å². The van der Waals surface area contributed by atoms with Gasteiger partial charge in [-0.25, -0.2) is 4.98 Å². The van der Waals surface area contributed by atoms with Crippen molar-refractivity contribution in [3.63, 3.8) is 0 Å². The van der Waals surface area contributed by atoms with Crippen LogP contribution in [0.15, 0.2) is 35.8 Å². The number of hydrogen-bond donors (Lipinski definition) is 1. The van der Waals surface area contributed by atoms with Gasteiger partial charge in [0.05, 0.1) is 0 Å². The monoisotopic (exact) mass is 233 g/mol. The molecular weight excluding hydrogens is 218 g/mol. The molecular formula is C12H15N3S. The molecule has 2 N–H and O–H groups in total. The number of benzene rings is 1. The van der Waals surface area contributed by atoms with Gasteiger partial charge in [-0.3, -0.25) is 0 Å². The van der Waals surface area contributed by atoms with Gasteiger partial charge < -0.3 is 10.6 Å². The average Bonchev–Trinajstić information content (AvgIpc) is 2.83. The molecule has 1 aromatic heterocycles. The normalized spacial score (nSPS) is 10.4. The quantitative estimate of drug-likeness (QED) is 0.880. The summed E-state index contributed by atoms with van der Waals surface area (Å²) in [5.41, 5.74) is 8.18. The molecule has 0 bridgehead atoms. The molecule has 1 aromatic carbocycles. The molecule has 2 rings (SSSR count). The van der Waals surface area contributed by atoms with Gasteiger partial charge in [-0.1, -0.05) is 24.3 Å². The van der Waals surface area contributed by atoms with Crippen LogP contribution < -0.4 is 10.6 Å². The van der Waals surface area contributed by atoms with Gasteiger partial charge in [0.2, 0.25) is 0 Å². The first-order valence-corrected chi connectivity index (χ1v) is 6.06. The fourth-order valence-corrected chi connectivity index (χ4v) is 2.25. The van der Waals surface area contributed by atoms with Gasteiger partial charge in [-0.2, -0.15) is 0 Å². The molecule has 0 aliphatic carbocycles. The van der Waals surface area contributed by atoms with Crippen molar-refractivity contribution < 1.29 is 0 Å². The molecule has 0 saturated carbocycles. The van der Waals surface area contributed by atoms with Crippen molar-refractivity contribution in [2.45, 2.75) is 13.1 Å². The molecule has 16 heavy (non-hydrogen) atoms. The van der Waals surface area contributed by atoms with Crippen molar-refractivity contribution in [1.29, 1.82) is 0 Å². The zero-order valence-electron chi connectivity index (χ0n) is 9.26.